The Morgan fingerprint density at radius 3 is 2.61 bits per heavy atom. The van der Waals surface area contributed by atoms with Crippen molar-refractivity contribution in [1.29, 1.82) is 0 Å². The topological polar surface area (TPSA) is 69.6 Å². The van der Waals surface area contributed by atoms with E-state index in [0.29, 0.717) is 18.5 Å². The van der Waals surface area contributed by atoms with E-state index in [0.717, 1.165) is 0 Å². The van der Waals surface area contributed by atoms with Crippen molar-refractivity contribution in [3.05, 3.63) is 29.8 Å². The molecule has 100 valence electrons. The molecule has 0 aliphatic heterocycles. The van der Waals surface area contributed by atoms with Crippen LogP contribution in [0.2, 0.25) is 0 Å². The molecule has 4 nitrogen and oxygen atoms in total. The van der Waals surface area contributed by atoms with Gasteiger partial charge in [-0.1, -0.05) is 25.1 Å². The zero-order chi connectivity index (χ0) is 13.5. The van der Waals surface area contributed by atoms with E-state index in [1.165, 1.54) is 0 Å². The van der Waals surface area contributed by atoms with Crippen molar-refractivity contribution in [2.45, 2.75) is 32.8 Å². The van der Waals surface area contributed by atoms with Gasteiger partial charge >= 0.3 is 0 Å². The first-order valence-corrected chi connectivity index (χ1v) is 6.20. The summed E-state index contributed by atoms with van der Waals surface area (Å²) in [4.78, 5) is 11.7. The zero-order valence-corrected chi connectivity index (χ0v) is 10.9. The monoisotopic (exact) mass is 251 g/mol. The number of aliphatic hydroxyl groups excluding tert-OH is 1. The fraction of sp³-hybridized carbons (Fsp3) is 0.500. The number of carbonyl (C=O) groups excluding carboxylic acids is 1. The lowest BCUT2D eigenvalue weighted by molar-refractivity contribution is -0.120. The Kier molecular flexibility index (Phi) is 5.65. The van der Waals surface area contributed by atoms with Crippen LogP contribution >= 0.6 is 0 Å². The van der Waals surface area contributed by atoms with Crippen LogP contribution in [0.5, 0.6) is 5.75 Å². The van der Waals surface area contributed by atoms with Gasteiger partial charge in [0.1, 0.15) is 5.75 Å². The molecule has 0 bridgehead atoms. The van der Waals surface area contributed by atoms with Crippen LogP contribution in [0.25, 0.3) is 0 Å². The van der Waals surface area contributed by atoms with Gasteiger partial charge in [-0.25, -0.2) is 0 Å². The van der Waals surface area contributed by atoms with E-state index in [-0.39, 0.29) is 30.1 Å². The second kappa shape index (κ2) is 7.01. The molecule has 3 N–H and O–H groups in total. The summed E-state index contributed by atoms with van der Waals surface area (Å²) < 4.78 is 0. The maximum atomic E-state index is 11.7. The summed E-state index contributed by atoms with van der Waals surface area (Å²) in [6.07, 6.45) is 0.486. The fourth-order valence-corrected chi connectivity index (χ4v) is 1.85. The molecule has 1 aromatic rings. The number of para-hydroxylation sites is 1. The van der Waals surface area contributed by atoms with Crippen LogP contribution < -0.4 is 5.32 Å². The highest BCUT2D eigenvalue weighted by Gasteiger charge is 2.10. The Bertz CT molecular complexity index is 390. The van der Waals surface area contributed by atoms with Crippen molar-refractivity contribution >= 4 is 5.91 Å². The molecule has 2 unspecified atom stereocenters. The van der Waals surface area contributed by atoms with Gasteiger partial charge in [0.15, 0.2) is 0 Å². The minimum atomic E-state index is -0.352. The Hall–Kier alpha value is -1.55. The first-order valence-electron chi connectivity index (χ1n) is 6.20. The number of hydrogen-bond donors (Lipinski definition) is 3. The first kappa shape index (κ1) is 14.5. The zero-order valence-electron chi connectivity index (χ0n) is 10.9. The molecule has 1 amide bonds. The number of aromatic hydroxyl groups is 1. The van der Waals surface area contributed by atoms with E-state index in [9.17, 15) is 15.0 Å². The van der Waals surface area contributed by atoms with Crippen LogP contribution in [0, 0.1) is 5.92 Å². The van der Waals surface area contributed by atoms with Gasteiger partial charge in [-0.2, -0.15) is 0 Å². The van der Waals surface area contributed by atoms with Crippen LogP contribution in [-0.2, 0) is 11.2 Å². The quantitative estimate of drug-likeness (QED) is 0.717. The molecule has 1 rings (SSSR count). The molecule has 0 saturated carbocycles. The first-order chi connectivity index (χ1) is 8.49. The van der Waals surface area contributed by atoms with Gasteiger partial charge in [-0.05, 0) is 25.3 Å². The summed E-state index contributed by atoms with van der Waals surface area (Å²) in [6, 6.07) is 6.81. The van der Waals surface area contributed by atoms with Crippen molar-refractivity contribution in [2.75, 3.05) is 6.54 Å². The summed E-state index contributed by atoms with van der Waals surface area (Å²) >= 11 is 0. The van der Waals surface area contributed by atoms with Crippen molar-refractivity contribution in [2.24, 2.45) is 5.92 Å². The van der Waals surface area contributed by atoms with E-state index in [1.807, 2.05) is 6.92 Å². The Morgan fingerprint density at radius 1 is 1.33 bits per heavy atom. The third kappa shape index (κ3) is 5.19. The van der Waals surface area contributed by atoms with Crippen molar-refractivity contribution in [3.8, 4) is 5.75 Å². The lowest BCUT2D eigenvalue weighted by atomic mass is 10.0. The van der Waals surface area contributed by atoms with Gasteiger partial charge in [0, 0.05) is 12.1 Å². The van der Waals surface area contributed by atoms with Gasteiger partial charge < -0.3 is 15.5 Å². The van der Waals surface area contributed by atoms with Crippen LogP contribution in [0.4, 0.5) is 0 Å². The normalized spacial score (nSPS) is 13.9. The Balaban J connectivity index is 2.36. The van der Waals surface area contributed by atoms with Crippen molar-refractivity contribution < 1.29 is 15.0 Å². The highest BCUT2D eigenvalue weighted by Crippen LogP contribution is 2.15. The van der Waals surface area contributed by atoms with E-state index >= 15 is 0 Å². The number of nitrogens with one attached hydrogen (secondary N) is 1. The molecule has 0 radical (unpaired) electrons. The molecule has 0 heterocycles. The van der Waals surface area contributed by atoms with Gasteiger partial charge in [0.25, 0.3) is 0 Å². The van der Waals surface area contributed by atoms with Crippen LogP contribution in [0.15, 0.2) is 24.3 Å². The molecule has 0 fully saturated rings. The molecular weight excluding hydrogens is 230 g/mol. The Morgan fingerprint density at radius 2 is 2.00 bits per heavy atom. The molecular formula is C14H21NO3. The summed E-state index contributed by atoms with van der Waals surface area (Å²) in [5.41, 5.74) is 0.623. The standard InChI is InChI=1S/C14H21NO3/c1-10(7-11(2)16)9-15-14(18)8-12-5-3-4-6-13(12)17/h3-6,10-11,16-17H,7-9H2,1-2H3,(H,15,18). The lowest BCUT2D eigenvalue weighted by Gasteiger charge is -2.14. The largest absolute Gasteiger partial charge is 0.508 e. The number of rotatable bonds is 6. The number of hydrogen-bond acceptors (Lipinski definition) is 3. The van der Waals surface area contributed by atoms with Crippen molar-refractivity contribution in [1.82, 2.24) is 5.32 Å². The number of phenols is 1. The molecule has 1 aromatic carbocycles. The molecule has 0 saturated heterocycles. The average molecular weight is 251 g/mol. The highest BCUT2D eigenvalue weighted by molar-refractivity contribution is 5.79. The fourth-order valence-electron chi connectivity index (χ4n) is 1.85. The molecule has 0 aliphatic carbocycles. The van der Waals surface area contributed by atoms with Gasteiger partial charge in [0.05, 0.1) is 12.5 Å². The molecule has 0 spiro atoms. The number of phenolic OH excluding ortho intramolecular Hbond substituents is 1. The predicted molar refractivity (Wildman–Crippen MR) is 70.3 cm³/mol. The molecule has 18 heavy (non-hydrogen) atoms. The van der Waals surface area contributed by atoms with E-state index < -0.39 is 0 Å². The maximum Gasteiger partial charge on any atom is 0.224 e. The molecule has 2 atom stereocenters. The van der Waals surface area contributed by atoms with Gasteiger partial charge in [-0.3, -0.25) is 4.79 Å². The van der Waals surface area contributed by atoms with Gasteiger partial charge in [0.2, 0.25) is 5.91 Å². The predicted octanol–water partition coefficient (Wildman–Crippen LogP) is 1.46. The summed E-state index contributed by atoms with van der Waals surface area (Å²) in [6.45, 7) is 4.25. The highest BCUT2D eigenvalue weighted by atomic mass is 16.3. The van der Waals surface area contributed by atoms with Crippen molar-refractivity contribution in [3.63, 3.8) is 0 Å². The number of carbonyl (C=O) groups is 1. The molecule has 0 aliphatic rings. The smallest absolute Gasteiger partial charge is 0.224 e. The van der Waals surface area contributed by atoms with E-state index in [1.54, 1.807) is 31.2 Å². The Labute approximate surface area is 108 Å². The van der Waals surface area contributed by atoms with Crippen LogP contribution in [0.1, 0.15) is 25.8 Å². The molecule has 4 heteroatoms. The third-order valence-electron chi connectivity index (χ3n) is 2.73. The number of aliphatic hydroxyl groups is 1. The summed E-state index contributed by atoms with van der Waals surface area (Å²) in [5, 5.41) is 21.6. The van der Waals surface area contributed by atoms with E-state index in [2.05, 4.69) is 5.32 Å². The summed E-state index contributed by atoms with van der Waals surface area (Å²) in [7, 11) is 0. The molecule has 0 aromatic heterocycles. The second-order valence-electron chi connectivity index (χ2n) is 4.80. The van der Waals surface area contributed by atoms with Crippen LogP contribution in [0.3, 0.4) is 0 Å². The lowest BCUT2D eigenvalue weighted by Crippen LogP contribution is -2.30. The number of benzene rings is 1. The average Bonchev–Trinajstić information content (AvgIpc) is 2.29. The third-order valence-corrected chi connectivity index (χ3v) is 2.73. The minimum Gasteiger partial charge on any atom is -0.508 e. The van der Waals surface area contributed by atoms with Gasteiger partial charge in [-0.15, -0.1) is 0 Å². The van der Waals surface area contributed by atoms with Crippen LogP contribution in [-0.4, -0.2) is 28.8 Å². The minimum absolute atomic E-state index is 0.117. The van der Waals surface area contributed by atoms with E-state index in [4.69, 9.17) is 0 Å². The number of amides is 1. The maximum absolute atomic E-state index is 11.7. The summed E-state index contributed by atoms with van der Waals surface area (Å²) in [5.74, 6) is 0.261. The second-order valence-corrected chi connectivity index (χ2v) is 4.80. The SMILES string of the molecule is CC(O)CC(C)CNC(=O)Cc1ccccc1O.